The predicted molar refractivity (Wildman–Crippen MR) is 72.8 cm³/mol. The number of aliphatic hydroxyl groups is 1. The van der Waals surface area contributed by atoms with Gasteiger partial charge in [-0.3, -0.25) is 0 Å². The van der Waals surface area contributed by atoms with Crippen LogP contribution >= 0.6 is 0 Å². The fourth-order valence-corrected chi connectivity index (χ4v) is 2.19. The number of methoxy groups -OCH3 is 1. The highest BCUT2D eigenvalue weighted by Gasteiger charge is 2.19. The molecule has 0 aliphatic heterocycles. The SMILES string of the molecule is CCc1ccccc1C(O)c1cccc(OC)c1F. The Balaban J connectivity index is 2.47. The van der Waals surface area contributed by atoms with E-state index in [-0.39, 0.29) is 11.3 Å². The molecule has 1 unspecified atom stereocenters. The highest BCUT2D eigenvalue weighted by Crippen LogP contribution is 2.30. The van der Waals surface area contributed by atoms with Crippen molar-refractivity contribution in [2.24, 2.45) is 0 Å². The Bertz CT molecular complexity index is 566. The summed E-state index contributed by atoms with van der Waals surface area (Å²) in [5.74, 6) is -0.367. The summed E-state index contributed by atoms with van der Waals surface area (Å²) in [5, 5.41) is 10.4. The normalized spacial score (nSPS) is 12.2. The zero-order valence-electron chi connectivity index (χ0n) is 11.1. The fraction of sp³-hybridized carbons (Fsp3) is 0.250. The summed E-state index contributed by atoms with van der Waals surface area (Å²) in [7, 11) is 1.41. The van der Waals surface area contributed by atoms with Crippen LogP contribution in [-0.2, 0) is 6.42 Å². The highest BCUT2D eigenvalue weighted by atomic mass is 19.1. The molecule has 0 spiro atoms. The molecule has 2 aromatic rings. The minimum absolute atomic E-state index is 0.144. The van der Waals surface area contributed by atoms with Gasteiger partial charge in [-0.25, -0.2) is 4.39 Å². The molecular weight excluding hydrogens is 243 g/mol. The second-order valence-electron chi connectivity index (χ2n) is 4.32. The first kappa shape index (κ1) is 13.6. The zero-order valence-corrected chi connectivity index (χ0v) is 11.1. The quantitative estimate of drug-likeness (QED) is 0.912. The molecule has 100 valence electrons. The van der Waals surface area contributed by atoms with Gasteiger partial charge in [-0.1, -0.05) is 43.3 Å². The van der Waals surface area contributed by atoms with E-state index < -0.39 is 11.9 Å². The Labute approximate surface area is 112 Å². The number of rotatable bonds is 4. The maximum absolute atomic E-state index is 14.2. The van der Waals surface area contributed by atoms with Gasteiger partial charge >= 0.3 is 0 Å². The van der Waals surface area contributed by atoms with Crippen molar-refractivity contribution in [2.45, 2.75) is 19.4 Å². The fourth-order valence-electron chi connectivity index (χ4n) is 2.19. The Morgan fingerprint density at radius 3 is 2.47 bits per heavy atom. The largest absolute Gasteiger partial charge is 0.494 e. The summed E-state index contributed by atoms with van der Waals surface area (Å²) >= 11 is 0. The Hall–Kier alpha value is -1.87. The number of ether oxygens (including phenoxy) is 1. The maximum atomic E-state index is 14.2. The summed E-state index contributed by atoms with van der Waals surface area (Å²) in [6.07, 6.45) is -0.190. The van der Waals surface area contributed by atoms with Crippen LogP contribution in [0.2, 0.25) is 0 Å². The van der Waals surface area contributed by atoms with Crippen LogP contribution in [0, 0.1) is 5.82 Å². The molecule has 0 heterocycles. The number of halogens is 1. The Morgan fingerprint density at radius 1 is 1.11 bits per heavy atom. The molecule has 2 aromatic carbocycles. The van der Waals surface area contributed by atoms with Gasteiger partial charge in [0.05, 0.1) is 7.11 Å². The zero-order chi connectivity index (χ0) is 13.8. The second-order valence-corrected chi connectivity index (χ2v) is 4.32. The van der Waals surface area contributed by atoms with Crippen LogP contribution in [-0.4, -0.2) is 12.2 Å². The van der Waals surface area contributed by atoms with Crippen molar-refractivity contribution in [3.05, 3.63) is 65.0 Å². The minimum Gasteiger partial charge on any atom is -0.494 e. The topological polar surface area (TPSA) is 29.5 Å². The molecule has 0 aliphatic rings. The molecule has 0 aliphatic carbocycles. The van der Waals surface area contributed by atoms with E-state index in [1.165, 1.54) is 13.2 Å². The first-order valence-corrected chi connectivity index (χ1v) is 6.27. The average Bonchev–Trinajstić information content (AvgIpc) is 2.46. The molecule has 0 radical (unpaired) electrons. The van der Waals surface area contributed by atoms with Gasteiger partial charge < -0.3 is 9.84 Å². The second kappa shape index (κ2) is 5.85. The number of benzene rings is 2. The van der Waals surface area contributed by atoms with Crippen molar-refractivity contribution in [1.82, 2.24) is 0 Å². The van der Waals surface area contributed by atoms with Gasteiger partial charge in [-0.05, 0) is 23.6 Å². The summed E-state index contributed by atoms with van der Waals surface area (Å²) in [4.78, 5) is 0. The van der Waals surface area contributed by atoms with E-state index in [1.54, 1.807) is 12.1 Å². The lowest BCUT2D eigenvalue weighted by Gasteiger charge is -2.17. The highest BCUT2D eigenvalue weighted by molar-refractivity contribution is 5.40. The molecule has 19 heavy (non-hydrogen) atoms. The molecule has 2 nitrogen and oxygen atoms in total. The van der Waals surface area contributed by atoms with Gasteiger partial charge in [0.2, 0.25) is 0 Å². The summed E-state index contributed by atoms with van der Waals surface area (Å²) < 4.78 is 19.1. The molecule has 1 atom stereocenters. The first-order chi connectivity index (χ1) is 9.19. The van der Waals surface area contributed by atoms with Crippen LogP contribution in [0.3, 0.4) is 0 Å². The predicted octanol–water partition coefficient (Wildman–Crippen LogP) is 3.48. The smallest absolute Gasteiger partial charge is 0.171 e. The van der Waals surface area contributed by atoms with Gasteiger partial charge in [0, 0.05) is 5.56 Å². The van der Waals surface area contributed by atoms with E-state index in [9.17, 15) is 9.50 Å². The molecule has 0 fully saturated rings. The van der Waals surface area contributed by atoms with Crippen molar-refractivity contribution in [2.75, 3.05) is 7.11 Å². The third-order valence-corrected chi connectivity index (χ3v) is 3.24. The third-order valence-electron chi connectivity index (χ3n) is 3.24. The average molecular weight is 260 g/mol. The standard InChI is InChI=1S/C16H17FO2/c1-3-11-7-4-5-8-12(11)16(18)13-9-6-10-14(19-2)15(13)17/h4-10,16,18H,3H2,1-2H3. The van der Waals surface area contributed by atoms with E-state index >= 15 is 0 Å². The minimum atomic E-state index is -0.980. The van der Waals surface area contributed by atoms with Crippen LogP contribution in [0.25, 0.3) is 0 Å². The maximum Gasteiger partial charge on any atom is 0.171 e. The third kappa shape index (κ3) is 2.61. The molecule has 0 amide bonds. The van der Waals surface area contributed by atoms with Crippen molar-refractivity contribution < 1.29 is 14.2 Å². The van der Waals surface area contributed by atoms with Crippen molar-refractivity contribution in [1.29, 1.82) is 0 Å². The van der Waals surface area contributed by atoms with Crippen LogP contribution in [0.15, 0.2) is 42.5 Å². The monoisotopic (exact) mass is 260 g/mol. The van der Waals surface area contributed by atoms with Crippen molar-refractivity contribution in [3.63, 3.8) is 0 Å². The van der Waals surface area contributed by atoms with E-state index in [1.807, 2.05) is 31.2 Å². The molecule has 0 saturated heterocycles. The summed E-state index contributed by atoms with van der Waals surface area (Å²) in [6.45, 7) is 2.01. The lowest BCUT2D eigenvalue weighted by atomic mass is 9.95. The van der Waals surface area contributed by atoms with Gasteiger partial charge in [0.25, 0.3) is 0 Å². The number of hydrogen-bond acceptors (Lipinski definition) is 2. The van der Waals surface area contributed by atoms with Gasteiger partial charge in [-0.2, -0.15) is 0 Å². The molecular formula is C16H17FO2. The van der Waals surface area contributed by atoms with Crippen molar-refractivity contribution >= 4 is 0 Å². The van der Waals surface area contributed by atoms with E-state index in [0.29, 0.717) is 0 Å². The molecule has 0 saturated carbocycles. The van der Waals surface area contributed by atoms with Crippen LogP contribution in [0.4, 0.5) is 4.39 Å². The van der Waals surface area contributed by atoms with Gasteiger partial charge in [-0.15, -0.1) is 0 Å². The Morgan fingerprint density at radius 2 is 1.79 bits per heavy atom. The molecule has 0 aromatic heterocycles. The van der Waals surface area contributed by atoms with Crippen LogP contribution < -0.4 is 4.74 Å². The van der Waals surface area contributed by atoms with E-state index in [2.05, 4.69) is 0 Å². The summed E-state index contributed by atoms with van der Waals surface area (Å²) in [6, 6.07) is 12.3. The first-order valence-electron chi connectivity index (χ1n) is 6.27. The van der Waals surface area contributed by atoms with Crippen LogP contribution in [0.5, 0.6) is 5.75 Å². The molecule has 0 bridgehead atoms. The van der Waals surface area contributed by atoms with Crippen LogP contribution in [0.1, 0.15) is 29.7 Å². The number of hydrogen-bond donors (Lipinski definition) is 1. The lowest BCUT2D eigenvalue weighted by Crippen LogP contribution is -2.06. The molecule has 3 heteroatoms. The summed E-state index contributed by atoms with van der Waals surface area (Å²) in [5.41, 5.74) is 1.98. The molecule has 1 N–H and O–H groups in total. The van der Waals surface area contributed by atoms with Gasteiger partial charge in [0.1, 0.15) is 6.10 Å². The van der Waals surface area contributed by atoms with E-state index in [4.69, 9.17) is 4.74 Å². The van der Waals surface area contributed by atoms with Crippen molar-refractivity contribution in [3.8, 4) is 5.75 Å². The van der Waals surface area contributed by atoms with Gasteiger partial charge in [0.15, 0.2) is 11.6 Å². The number of aliphatic hydroxyl groups excluding tert-OH is 1. The number of aryl methyl sites for hydroxylation is 1. The Kier molecular flexibility index (Phi) is 4.17. The molecule has 2 rings (SSSR count). The lowest BCUT2D eigenvalue weighted by molar-refractivity contribution is 0.212. The van der Waals surface area contributed by atoms with E-state index in [0.717, 1.165) is 17.5 Å².